The van der Waals surface area contributed by atoms with Crippen LogP contribution in [0, 0.1) is 27.7 Å². The third-order valence-electron chi connectivity index (χ3n) is 3.66. The second kappa shape index (κ2) is 4.92. The lowest BCUT2D eigenvalue weighted by Gasteiger charge is -2.09. The molecule has 0 spiro atoms. The Balaban J connectivity index is 2.30. The van der Waals surface area contributed by atoms with Crippen LogP contribution in [0.25, 0.3) is 0 Å². The molecule has 0 bridgehead atoms. The van der Waals surface area contributed by atoms with Crippen molar-refractivity contribution in [2.75, 3.05) is 5.32 Å². The van der Waals surface area contributed by atoms with Crippen LogP contribution in [0.2, 0.25) is 0 Å². The van der Waals surface area contributed by atoms with Crippen molar-refractivity contribution in [2.24, 2.45) is 7.05 Å². The van der Waals surface area contributed by atoms with Crippen molar-refractivity contribution >= 4 is 11.6 Å². The number of benzene rings is 1. The Morgan fingerprint density at radius 2 is 1.79 bits per heavy atom. The summed E-state index contributed by atoms with van der Waals surface area (Å²) in [5.74, 6) is -0.0464. The van der Waals surface area contributed by atoms with Crippen molar-refractivity contribution in [1.29, 1.82) is 0 Å². The van der Waals surface area contributed by atoms with Gasteiger partial charge in [-0.3, -0.25) is 4.79 Å². The van der Waals surface area contributed by atoms with Crippen molar-refractivity contribution in [2.45, 2.75) is 27.7 Å². The molecule has 1 heterocycles. The molecule has 3 nitrogen and oxygen atoms in total. The van der Waals surface area contributed by atoms with Gasteiger partial charge in [0.15, 0.2) is 0 Å². The van der Waals surface area contributed by atoms with Gasteiger partial charge in [0.1, 0.15) is 0 Å². The van der Waals surface area contributed by atoms with E-state index in [0.29, 0.717) is 0 Å². The van der Waals surface area contributed by atoms with Crippen LogP contribution in [0.4, 0.5) is 5.69 Å². The van der Waals surface area contributed by atoms with Crippen LogP contribution in [-0.2, 0) is 7.05 Å². The van der Waals surface area contributed by atoms with Gasteiger partial charge in [0.25, 0.3) is 5.91 Å². The van der Waals surface area contributed by atoms with E-state index in [4.69, 9.17) is 0 Å². The summed E-state index contributed by atoms with van der Waals surface area (Å²) in [6.45, 7) is 7.98. The molecular weight excluding hydrogens is 236 g/mol. The number of carbonyl (C=O) groups excluding carboxylic acids is 1. The molecule has 0 saturated heterocycles. The Bertz CT molecular complexity index is 638. The Labute approximate surface area is 114 Å². The third kappa shape index (κ3) is 2.55. The van der Waals surface area contributed by atoms with Gasteiger partial charge < -0.3 is 9.88 Å². The molecule has 0 saturated carbocycles. The van der Waals surface area contributed by atoms with Crippen LogP contribution in [-0.4, -0.2) is 10.5 Å². The third-order valence-corrected chi connectivity index (χ3v) is 3.66. The number of hydrogen-bond acceptors (Lipinski definition) is 1. The SMILES string of the molecule is Cc1ccc(C)c(NC(=O)c2cc(C)n(C)c2C)c1. The maximum atomic E-state index is 12.3. The topological polar surface area (TPSA) is 34.0 Å². The standard InChI is InChI=1S/C16H20N2O/c1-10-6-7-11(2)15(8-10)17-16(19)14-9-12(3)18(5)13(14)4/h6-9H,1-5H3,(H,17,19). The van der Waals surface area contributed by atoms with Gasteiger partial charge in [0.05, 0.1) is 5.56 Å². The van der Waals surface area contributed by atoms with Crippen LogP contribution in [0.3, 0.4) is 0 Å². The molecule has 0 radical (unpaired) electrons. The average Bonchev–Trinajstić information content (AvgIpc) is 2.62. The zero-order valence-electron chi connectivity index (χ0n) is 12.2. The first-order chi connectivity index (χ1) is 8.90. The summed E-state index contributed by atoms with van der Waals surface area (Å²) in [5, 5.41) is 3.00. The van der Waals surface area contributed by atoms with Crippen LogP contribution in [0.5, 0.6) is 0 Å². The highest BCUT2D eigenvalue weighted by atomic mass is 16.1. The minimum absolute atomic E-state index is 0.0464. The summed E-state index contributed by atoms with van der Waals surface area (Å²) in [6, 6.07) is 7.99. The monoisotopic (exact) mass is 256 g/mol. The summed E-state index contributed by atoms with van der Waals surface area (Å²) in [6.07, 6.45) is 0. The molecule has 1 N–H and O–H groups in total. The number of hydrogen-bond donors (Lipinski definition) is 1. The van der Waals surface area contributed by atoms with Crippen molar-refractivity contribution in [3.8, 4) is 0 Å². The minimum Gasteiger partial charge on any atom is -0.351 e. The number of anilines is 1. The first-order valence-corrected chi connectivity index (χ1v) is 6.41. The maximum absolute atomic E-state index is 12.3. The number of nitrogens with zero attached hydrogens (tertiary/aromatic N) is 1. The van der Waals surface area contributed by atoms with Gasteiger partial charge in [-0.1, -0.05) is 12.1 Å². The van der Waals surface area contributed by atoms with Gasteiger partial charge in [-0.05, 0) is 51.0 Å². The predicted molar refractivity (Wildman–Crippen MR) is 78.8 cm³/mol. The fourth-order valence-electron chi connectivity index (χ4n) is 2.15. The van der Waals surface area contributed by atoms with Crippen LogP contribution in [0.1, 0.15) is 32.9 Å². The summed E-state index contributed by atoms with van der Waals surface area (Å²) in [4.78, 5) is 12.3. The van der Waals surface area contributed by atoms with Gasteiger partial charge in [0.2, 0.25) is 0 Å². The second-order valence-corrected chi connectivity index (χ2v) is 5.12. The molecule has 1 aromatic heterocycles. The van der Waals surface area contributed by atoms with Crippen molar-refractivity contribution in [3.05, 3.63) is 52.3 Å². The maximum Gasteiger partial charge on any atom is 0.257 e. The summed E-state index contributed by atoms with van der Waals surface area (Å²) < 4.78 is 2.03. The molecule has 19 heavy (non-hydrogen) atoms. The molecule has 1 aromatic carbocycles. The van der Waals surface area contributed by atoms with Gasteiger partial charge >= 0.3 is 0 Å². The Kier molecular flexibility index (Phi) is 3.47. The first kappa shape index (κ1) is 13.4. The molecule has 100 valence electrons. The number of rotatable bonds is 2. The Morgan fingerprint density at radius 1 is 1.11 bits per heavy atom. The highest BCUT2D eigenvalue weighted by Gasteiger charge is 2.14. The van der Waals surface area contributed by atoms with Gasteiger partial charge in [-0.25, -0.2) is 0 Å². The number of nitrogens with one attached hydrogen (secondary N) is 1. The van der Waals surface area contributed by atoms with Crippen LogP contribution in [0.15, 0.2) is 24.3 Å². The summed E-state index contributed by atoms with van der Waals surface area (Å²) in [7, 11) is 1.97. The van der Waals surface area contributed by atoms with E-state index in [1.807, 2.05) is 63.6 Å². The number of amides is 1. The van der Waals surface area contributed by atoms with Crippen LogP contribution < -0.4 is 5.32 Å². The lowest BCUT2D eigenvalue weighted by Crippen LogP contribution is -2.13. The molecule has 0 atom stereocenters. The van der Waals surface area contributed by atoms with Crippen molar-refractivity contribution in [3.63, 3.8) is 0 Å². The van der Waals surface area contributed by atoms with Gasteiger partial charge in [-0.15, -0.1) is 0 Å². The van der Waals surface area contributed by atoms with E-state index in [0.717, 1.165) is 33.8 Å². The summed E-state index contributed by atoms with van der Waals surface area (Å²) in [5.41, 5.74) is 5.90. The quantitative estimate of drug-likeness (QED) is 0.876. The van der Waals surface area contributed by atoms with Crippen molar-refractivity contribution in [1.82, 2.24) is 4.57 Å². The van der Waals surface area contributed by atoms with E-state index in [1.165, 1.54) is 0 Å². The van der Waals surface area contributed by atoms with E-state index < -0.39 is 0 Å². The predicted octanol–water partition coefficient (Wildman–Crippen LogP) is 3.51. The number of aryl methyl sites for hydroxylation is 3. The smallest absolute Gasteiger partial charge is 0.257 e. The van der Waals surface area contributed by atoms with Gasteiger partial charge in [-0.2, -0.15) is 0 Å². The molecule has 1 amide bonds. The fraction of sp³-hybridized carbons (Fsp3) is 0.312. The zero-order valence-corrected chi connectivity index (χ0v) is 12.2. The largest absolute Gasteiger partial charge is 0.351 e. The minimum atomic E-state index is -0.0464. The lowest BCUT2D eigenvalue weighted by atomic mass is 10.1. The van der Waals surface area contributed by atoms with E-state index >= 15 is 0 Å². The lowest BCUT2D eigenvalue weighted by molar-refractivity contribution is 0.102. The van der Waals surface area contributed by atoms with E-state index in [9.17, 15) is 4.79 Å². The highest BCUT2D eigenvalue weighted by molar-refractivity contribution is 6.05. The van der Waals surface area contributed by atoms with Crippen LogP contribution >= 0.6 is 0 Å². The highest BCUT2D eigenvalue weighted by Crippen LogP contribution is 2.19. The molecule has 0 aliphatic rings. The normalized spacial score (nSPS) is 10.6. The van der Waals surface area contributed by atoms with E-state index in [1.54, 1.807) is 0 Å². The summed E-state index contributed by atoms with van der Waals surface area (Å²) >= 11 is 0. The Hall–Kier alpha value is -2.03. The molecule has 2 aromatic rings. The molecule has 0 fully saturated rings. The second-order valence-electron chi connectivity index (χ2n) is 5.12. The molecule has 0 unspecified atom stereocenters. The van der Waals surface area contributed by atoms with Gasteiger partial charge in [0, 0.05) is 24.1 Å². The molecule has 3 heteroatoms. The number of aromatic nitrogens is 1. The van der Waals surface area contributed by atoms with Crippen molar-refractivity contribution < 1.29 is 4.79 Å². The molecule has 2 rings (SSSR count). The number of carbonyl (C=O) groups is 1. The first-order valence-electron chi connectivity index (χ1n) is 6.41. The Morgan fingerprint density at radius 3 is 2.37 bits per heavy atom. The average molecular weight is 256 g/mol. The fourth-order valence-corrected chi connectivity index (χ4v) is 2.15. The van der Waals surface area contributed by atoms with E-state index in [-0.39, 0.29) is 5.91 Å². The van der Waals surface area contributed by atoms with E-state index in [2.05, 4.69) is 5.32 Å². The zero-order chi connectivity index (χ0) is 14.2. The molecule has 0 aliphatic heterocycles. The molecule has 0 aliphatic carbocycles. The molecular formula is C16H20N2O.